The molecule has 1 heterocycles. The van der Waals surface area contributed by atoms with Crippen molar-refractivity contribution in [2.24, 2.45) is 0 Å². The minimum atomic E-state index is 0.611. The molecule has 0 unspecified atom stereocenters. The van der Waals surface area contributed by atoms with Crippen LogP contribution in [0.4, 0.5) is 0 Å². The summed E-state index contributed by atoms with van der Waals surface area (Å²) in [6, 6.07) is 0.611. The molecule has 0 aliphatic carbocycles. The molecule has 1 saturated heterocycles. The maximum absolute atomic E-state index is 3.68. The molecule has 40 valence electrons. The van der Waals surface area contributed by atoms with Crippen LogP contribution in [0, 0.1) is 0 Å². The van der Waals surface area contributed by atoms with Crippen molar-refractivity contribution in [1.82, 2.24) is 5.32 Å². The van der Waals surface area contributed by atoms with Crippen molar-refractivity contribution in [1.29, 1.82) is 0 Å². The van der Waals surface area contributed by atoms with Gasteiger partial charge in [-0.3, -0.25) is 0 Å². The van der Waals surface area contributed by atoms with Gasteiger partial charge in [0.15, 0.2) is 0 Å². The van der Waals surface area contributed by atoms with Gasteiger partial charge in [-0.1, -0.05) is 6.08 Å². The molecule has 1 N–H and O–H groups in total. The van der Waals surface area contributed by atoms with E-state index in [1.165, 1.54) is 19.4 Å². The van der Waals surface area contributed by atoms with Crippen LogP contribution in [0.3, 0.4) is 0 Å². The van der Waals surface area contributed by atoms with Gasteiger partial charge in [0, 0.05) is 6.04 Å². The first-order valence-electron chi connectivity index (χ1n) is 2.79. The largest absolute Gasteiger partial charge is 0.311 e. The van der Waals surface area contributed by atoms with Crippen LogP contribution in [0.1, 0.15) is 12.8 Å². The third-order valence-corrected chi connectivity index (χ3v) is 1.38. The van der Waals surface area contributed by atoms with E-state index < -0.39 is 0 Å². The Morgan fingerprint density at radius 1 is 1.71 bits per heavy atom. The minimum Gasteiger partial charge on any atom is -0.311 e. The maximum Gasteiger partial charge on any atom is 0.0247 e. The average Bonchev–Trinajstić information content (AvgIpc) is 2.14. The lowest BCUT2D eigenvalue weighted by molar-refractivity contribution is 0.729. The first-order chi connectivity index (χ1) is 3.43. The van der Waals surface area contributed by atoms with Crippen LogP contribution < -0.4 is 5.32 Å². The molecule has 1 atom stereocenters. The second-order valence-electron chi connectivity index (χ2n) is 1.94. The van der Waals surface area contributed by atoms with Crippen LogP contribution >= 0.6 is 0 Å². The Morgan fingerprint density at radius 2 is 2.57 bits per heavy atom. The van der Waals surface area contributed by atoms with Crippen LogP contribution in [-0.4, -0.2) is 12.6 Å². The lowest BCUT2D eigenvalue weighted by atomic mass is 10.2. The summed E-state index contributed by atoms with van der Waals surface area (Å²) in [5.74, 6) is 0. The van der Waals surface area contributed by atoms with Crippen molar-refractivity contribution in [2.75, 3.05) is 6.54 Å². The van der Waals surface area contributed by atoms with E-state index in [4.69, 9.17) is 0 Å². The van der Waals surface area contributed by atoms with E-state index in [0.717, 1.165) is 0 Å². The molecule has 0 aromatic rings. The van der Waals surface area contributed by atoms with Gasteiger partial charge in [0.25, 0.3) is 0 Å². The van der Waals surface area contributed by atoms with Crippen LogP contribution in [0.2, 0.25) is 0 Å². The number of hydrogen-bond acceptors (Lipinski definition) is 1. The summed E-state index contributed by atoms with van der Waals surface area (Å²) in [5, 5.41) is 3.29. The molecular weight excluding hydrogens is 86.1 g/mol. The fourth-order valence-electron chi connectivity index (χ4n) is 0.913. The summed E-state index contributed by atoms with van der Waals surface area (Å²) >= 11 is 0. The second kappa shape index (κ2) is 2.12. The van der Waals surface area contributed by atoms with E-state index in [2.05, 4.69) is 11.9 Å². The maximum atomic E-state index is 3.68. The van der Waals surface area contributed by atoms with Crippen LogP contribution in [0.15, 0.2) is 12.7 Å². The highest BCUT2D eigenvalue weighted by Gasteiger charge is 2.07. The predicted octanol–water partition coefficient (Wildman–Crippen LogP) is 0.924. The number of rotatable bonds is 1. The van der Waals surface area contributed by atoms with Crippen LogP contribution in [-0.2, 0) is 0 Å². The number of nitrogens with one attached hydrogen (secondary N) is 1. The van der Waals surface area contributed by atoms with Crippen molar-refractivity contribution < 1.29 is 0 Å². The van der Waals surface area contributed by atoms with Gasteiger partial charge in [0.2, 0.25) is 0 Å². The van der Waals surface area contributed by atoms with Crippen molar-refractivity contribution >= 4 is 0 Å². The van der Waals surface area contributed by atoms with E-state index in [1.54, 1.807) is 0 Å². The van der Waals surface area contributed by atoms with Gasteiger partial charge in [0.1, 0.15) is 0 Å². The fraction of sp³-hybridized carbons (Fsp3) is 0.667. The predicted molar refractivity (Wildman–Crippen MR) is 31.2 cm³/mol. The molecule has 1 rings (SSSR count). The van der Waals surface area contributed by atoms with E-state index in [0.29, 0.717) is 6.04 Å². The first kappa shape index (κ1) is 4.85. The molecule has 0 aromatic heterocycles. The zero-order chi connectivity index (χ0) is 5.11. The SMILES string of the molecule is C=C[C@H]1CCCN1. The fourth-order valence-corrected chi connectivity index (χ4v) is 0.913. The molecule has 1 fully saturated rings. The zero-order valence-corrected chi connectivity index (χ0v) is 4.48. The molecule has 1 heteroatoms. The topological polar surface area (TPSA) is 12.0 Å². The van der Waals surface area contributed by atoms with Crippen LogP contribution in [0.25, 0.3) is 0 Å². The molecule has 7 heavy (non-hydrogen) atoms. The Hall–Kier alpha value is -0.300. The molecule has 0 saturated carbocycles. The third-order valence-electron chi connectivity index (χ3n) is 1.38. The van der Waals surface area contributed by atoms with Gasteiger partial charge in [-0.25, -0.2) is 0 Å². The van der Waals surface area contributed by atoms with Gasteiger partial charge in [-0.05, 0) is 19.4 Å². The molecule has 0 amide bonds. The zero-order valence-electron chi connectivity index (χ0n) is 4.48. The molecule has 0 aromatic carbocycles. The molecule has 0 radical (unpaired) electrons. The lowest BCUT2D eigenvalue weighted by Gasteiger charge is -1.97. The monoisotopic (exact) mass is 97.1 g/mol. The smallest absolute Gasteiger partial charge is 0.0247 e. The Bertz CT molecular complexity index is 62.6. The average molecular weight is 97.2 g/mol. The molecular formula is C6H11N. The minimum absolute atomic E-state index is 0.611. The summed E-state index contributed by atoms with van der Waals surface area (Å²) in [7, 11) is 0. The van der Waals surface area contributed by atoms with Crippen molar-refractivity contribution in [2.45, 2.75) is 18.9 Å². The van der Waals surface area contributed by atoms with E-state index in [-0.39, 0.29) is 0 Å². The Morgan fingerprint density at radius 3 is 2.86 bits per heavy atom. The third kappa shape index (κ3) is 1.03. The van der Waals surface area contributed by atoms with Gasteiger partial charge in [-0.15, -0.1) is 6.58 Å². The van der Waals surface area contributed by atoms with Gasteiger partial charge >= 0.3 is 0 Å². The standard InChI is InChI=1S/C6H11N/c1-2-6-4-3-5-7-6/h2,6-7H,1,3-5H2/t6-/m0/s1. The Balaban J connectivity index is 2.26. The molecule has 0 spiro atoms. The first-order valence-corrected chi connectivity index (χ1v) is 2.79. The summed E-state index contributed by atoms with van der Waals surface area (Å²) in [6.45, 7) is 4.86. The Kier molecular flexibility index (Phi) is 1.47. The molecule has 1 aliphatic heterocycles. The highest BCUT2D eigenvalue weighted by atomic mass is 14.9. The molecule has 1 aliphatic rings. The van der Waals surface area contributed by atoms with Gasteiger partial charge in [-0.2, -0.15) is 0 Å². The van der Waals surface area contributed by atoms with E-state index >= 15 is 0 Å². The summed E-state index contributed by atoms with van der Waals surface area (Å²) in [4.78, 5) is 0. The summed E-state index contributed by atoms with van der Waals surface area (Å²) in [6.07, 6.45) is 4.58. The van der Waals surface area contributed by atoms with Gasteiger partial charge < -0.3 is 5.32 Å². The lowest BCUT2D eigenvalue weighted by Crippen LogP contribution is -2.17. The van der Waals surface area contributed by atoms with E-state index in [9.17, 15) is 0 Å². The van der Waals surface area contributed by atoms with Crippen molar-refractivity contribution in [3.63, 3.8) is 0 Å². The highest BCUT2D eigenvalue weighted by molar-refractivity contribution is 4.88. The highest BCUT2D eigenvalue weighted by Crippen LogP contribution is 2.03. The summed E-state index contributed by atoms with van der Waals surface area (Å²) in [5.41, 5.74) is 0. The van der Waals surface area contributed by atoms with Crippen molar-refractivity contribution in [3.8, 4) is 0 Å². The van der Waals surface area contributed by atoms with E-state index in [1.807, 2.05) is 6.08 Å². The normalized spacial score (nSPS) is 30.6. The Labute approximate surface area is 44.4 Å². The molecule has 0 bridgehead atoms. The number of hydrogen-bond donors (Lipinski definition) is 1. The quantitative estimate of drug-likeness (QED) is 0.480. The molecule has 1 nitrogen and oxygen atoms in total. The van der Waals surface area contributed by atoms with Crippen LogP contribution in [0.5, 0.6) is 0 Å². The van der Waals surface area contributed by atoms with Gasteiger partial charge in [0.05, 0.1) is 0 Å². The second-order valence-corrected chi connectivity index (χ2v) is 1.94. The summed E-state index contributed by atoms with van der Waals surface area (Å²) < 4.78 is 0. The van der Waals surface area contributed by atoms with Crippen molar-refractivity contribution in [3.05, 3.63) is 12.7 Å².